The Labute approximate surface area is 180 Å². The van der Waals surface area contributed by atoms with Gasteiger partial charge in [-0.1, -0.05) is 30.3 Å². The molecule has 0 saturated carbocycles. The van der Waals surface area contributed by atoms with Crippen molar-refractivity contribution in [3.8, 4) is 11.5 Å². The average molecular weight is 418 g/mol. The Morgan fingerprint density at radius 1 is 0.774 bits per heavy atom. The Kier molecular flexibility index (Phi) is 7.01. The van der Waals surface area contributed by atoms with Crippen molar-refractivity contribution < 1.29 is 23.9 Å². The van der Waals surface area contributed by atoms with E-state index in [-0.39, 0.29) is 11.5 Å². The smallest absolute Gasteiger partial charge is 0.342 e. The molecule has 0 aliphatic rings. The van der Waals surface area contributed by atoms with Crippen molar-refractivity contribution in [3.63, 3.8) is 0 Å². The zero-order valence-electron chi connectivity index (χ0n) is 17.1. The van der Waals surface area contributed by atoms with Gasteiger partial charge in [-0.05, 0) is 55.5 Å². The minimum Gasteiger partial charge on any atom is -0.456 e. The van der Waals surface area contributed by atoms with E-state index in [1.807, 2.05) is 18.2 Å². The van der Waals surface area contributed by atoms with Crippen LogP contribution in [0.3, 0.4) is 0 Å². The molecule has 158 valence electrons. The quantitative estimate of drug-likeness (QED) is 0.546. The van der Waals surface area contributed by atoms with Gasteiger partial charge in [-0.2, -0.15) is 0 Å². The van der Waals surface area contributed by atoms with Gasteiger partial charge in [0.25, 0.3) is 5.91 Å². The molecule has 1 atom stereocenters. The summed E-state index contributed by atoms with van der Waals surface area (Å²) in [4.78, 5) is 36.1. The van der Waals surface area contributed by atoms with Crippen LogP contribution in [0.15, 0.2) is 78.9 Å². The Balaban J connectivity index is 1.62. The fourth-order valence-electron chi connectivity index (χ4n) is 2.70. The molecule has 0 unspecified atom stereocenters. The number of rotatable bonds is 7. The number of amides is 2. The predicted octanol–water partition coefficient (Wildman–Crippen LogP) is 4.62. The molecule has 0 aromatic heterocycles. The monoisotopic (exact) mass is 418 g/mol. The molecule has 3 aromatic rings. The molecule has 7 nitrogen and oxygen atoms in total. The molecule has 7 heteroatoms. The van der Waals surface area contributed by atoms with Gasteiger partial charge in [-0.3, -0.25) is 9.59 Å². The van der Waals surface area contributed by atoms with E-state index < -0.39 is 18.0 Å². The minimum absolute atomic E-state index is 0.186. The normalized spacial score (nSPS) is 11.2. The number of carbonyl (C=O) groups excluding carboxylic acids is 3. The molecule has 2 N–H and O–H groups in total. The average Bonchev–Trinajstić information content (AvgIpc) is 2.75. The van der Waals surface area contributed by atoms with Gasteiger partial charge < -0.3 is 20.1 Å². The number of carbonyl (C=O) groups is 3. The fourth-order valence-corrected chi connectivity index (χ4v) is 2.70. The minimum atomic E-state index is -1.03. The lowest BCUT2D eigenvalue weighted by molar-refractivity contribution is -0.123. The molecule has 0 radical (unpaired) electrons. The van der Waals surface area contributed by atoms with E-state index in [1.165, 1.54) is 13.8 Å². The van der Waals surface area contributed by atoms with Gasteiger partial charge in [0.1, 0.15) is 17.1 Å². The van der Waals surface area contributed by atoms with Gasteiger partial charge >= 0.3 is 5.97 Å². The van der Waals surface area contributed by atoms with E-state index in [0.29, 0.717) is 22.9 Å². The van der Waals surface area contributed by atoms with Crippen molar-refractivity contribution in [2.24, 2.45) is 0 Å². The summed E-state index contributed by atoms with van der Waals surface area (Å²) in [5, 5.41) is 5.32. The van der Waals surface area contributed by atoms with Crippen LogP contribution in [0.2, 0.25) is 0 Å². The van der Waals surface area contributed by atoms with Crippen LogP contribution >= 0.6 is 0 Å². The maximum absolute atomic E-state index is 12.6. The molecule has 0 aliphatic heterocycles. The summed E-state index contributed by atoms with van der Waals surface area (Å²) in [6.07, 6.45) is -1.03. The molecule has 2 amide bonds. The Bertz CT molecular complexity index is 1060. The second kappa shape index (κ2) is 10.1. The topological polar surface area (TPSA) is 93.7 Å². The summed E-state index contributed by atoms with van der Waals surface area (Å²) in [5.74, 6) is -0.428. The second-order valence-corrected chi connectivity index (χ2v) is 6.71. The summed E-state index contributed by atoms with van der Waals surface area (Å²) in [7, 11) is 0. The van der Waals surface area contributed by atoms with Gasteiger partial charge in [0.2, 0.25) is 5.91 Å². The van der Waals surface area contributed by atoms with E-state index in [1.54, 1.807) is 60.7 Å². The standard InChI is InChI=1S/C24H22N2O5/c1-16(23(28)26-19-14-12-18(13-15-19)25-17(2)27)30-24(29)21-10-6-7-11-22(21)31-20-8-4-3-5-9-20/h3-16H,1-2H3,(H,25,27)(H,26,28)/t16-/m1/s1. The van der Waals surface area contributed by atoms with Gasteiger partial charge in [0.05, 0.1) is 0 Å². The first kappa shape index (κ1) is 21.6. The van der Waals surface area contributed by atoms with Crippen molar-refractivity contribution in [2.45, 2.75) is 20.0 Å². The molecular weight excluding hydrogens is 396 g/mol. The van der Waals surface area contributed by atoms with Crippen molar-refractivity contribution in [3.05, 3.63) is 84.4 Å². The maximum atomic E-state index is 12.6. The van der Waals surface area contributed by atoms with E-state index in [0.717, 1.165) is 0 Å². The number of hydrogen-bond donors (Lipinski definition) is 2. The van der Waals surface area contributed by atoms with Crippen LogP contribution in [0.4, 0.5) is 11.4 Å². The largest absolute Gasteiger partial charge is 0.456 e. The van der Waals surface area contributed by atoms with Crippen LogP contribution in [-0.2, 0) is 14.3 Å². The molecular formula is C24H22N2O5. The number of esters is 1. The first-order valence-corrected chi connectivity index (χ1v) is 9.64. The SMILES string of the molecule is CC(=O)Nc1ccc(NC(=O)[C@@H](C)OC(=O)c2ccccc2Oc2ccccc2)cc1. The Morgan fingerprint density at radius 3 is 2.00 bits per heavy atom. The highest BCUT2D eigenvalue weighted by molar-refractivity contribution is 5.98. The van der Waals surface area contributed by atoms with E-state index in [4.69, 9.17) is 9.47 Å². The molecule has 0 heterocycles. The molecule has 31 heavy (non-hydrogen) atoms. The van der Waals surface area contributed by atoms with Gasteiger partial charge in [-0.25, -0.2) is 4.79 Å². The number of anilines is 2. The first-order valence-electron chi connectivity index (χ1n) is 9.64. The predicted molar refractivity (Wildman–Crippen MR) is 117 cm³/mol. The Hall–Kier alpha value is -4.13. The number of hydrogen-bond acceptors (Lipinski definition) is 5. The lowest BCUT2D eigenvalue weighted by Crippen LogP contribution is -2.30. The fraction of sp³-hybridized carbons (Fsp3) is 0.125. The highest BCUT2D eigenvalue weighted by atomic mass is 16.5. The lowest BCUT2D eigenvalue weighted by Gasteiger charge is -2.15. The second-order valence-electron chi connectivity index (χ2n) is 6.71. The number of ether oxygens (including phenoxy) is 2. The van der Waals surface area contributed by atoms with E-state index in [9.17, 15) is 14.4 Å². The molecule has 0 bridgehead atoms. The summed E-state index contributed by atoms with van der Waals surface area (Å²) in [6, 6.07) is 22.3. The third-order valence-electron chi connectivity index (χ3n) is 4.20. The maximum Gasteiger partial charge on any atom is 0.342 e. The van der Waals surface area contributed by atoms with Crippen LogP contribution in [0.25, 0.3) is 0 Å². The Morgan fingerprint density at radius 2 is 1.35 bits per heavy atom. The van der Waals surface area contributed by atoms with Crippen LogP contribution < -0.4 is 15.4 Å². The van der Waals surface area contributed by atoms with E-state index in [2.05, 4.69) is 10.6 Å². The van der Waals surface area contributed by atoms with Crippen molar-refractivity contribution in [1.29, 1.82) is 0 Å². The number of nitrogens with one attached hydrogen (secondary N) is 2. The van der Waals surface area contributed by atoms with Crippen molar-refractivity contribution in [2.75, 3.05) is 10.6 Å². The zero-order valence-corrected chi connectivity index (χ0v) is 17.1. The number of para-hydroxylation sites is 2. The highest BCUT2D eigenvalue weighted by Crippen LogP contribution is 2.26. The molecule has 0 spiro atoms. The van der Waals surface area contributed by atoms with Gasteiger partial charge in [-0.15, -0.1) is 0 Å². The third-order valence-corrected chi connectivity index (χ3v) is 4.20. The van der Waals surface area contributed by atoms with Crippen LogP contribution in [0.1, 0.15) is 24.2 Å². The molecule has 0 saturated heterocycles. The van der Waals surface area contributed by atoms with Crippen molar-refractivity contribution >= 4 is 29.2 Å². The van der Waals surface area contributed by atoms with Crippen LogP contribution in [0, 0.1) is 0 Å². The summed E-state index contributed by atoms with van der Waals surface area (Å²) < 4.78 is 11.1. The van der Waals surface area contributed by atoms with E-state index >= 15 is 0 Å². The van der Waals surface area contributed by atoms with Crippen LogP contribution in [-0.4, -0.2) is 23.9 Å². The van der Waals surface area contributed by atoms with Crippen molar-refractivity contribution in [1.82, 2.24) is 0 Å². The van der Waals surface area contributed by atoms with Gasteiger partial charge in [0.15, 0.2) is 6.10 Å². The van der Waals surface area contributed by atoms with Gasteiger partial charge in [0, 0.05) is 18.3 Å². The lowest BCUT2D eigenvalue weighted by atomic mass is 10.2. The summed E-state index contributed by atoms with van der Waals surface area (Å²) in [6.45, 7) is 2.90. The zero-order chi connectivity index (χ0) is 22.2. The molecule has 3 rings (SSSR count). The summed E-state index contributed by atoms with van der Waals surface area (Å²) in [5.41, 5.74) is 1.33. The molecule has 0 aliphatic carbocycles. The highest BCUT2D eigenvalue weighted by Gasteiger charge is 2.21. The molecule has 0 fully saturated rings. The first-order chi connectivity index (χ1) is 14.9. The summed E-state index contributed by atoms with van der Waals surface area (Å²) >= 11 is 0. The third kappa shape index (κ3) is 6.17. The molecule has 3 aromatic carbocycles. The number of benzene rings is 3. The van der Waals surface area contributed by atoms with Crippen LogP contribution in [0.5, 0.6) is 11.5 Å².